The Kier molecular flexibility index (Phi) is 2.49. The summed E-state index contributed by atoms with van der Waals surface area (Å²) in [6, 6.07) is 4.87. The summed E-state index contributed by atoms with van der Waals surface area (Å²) in [6.07, 6.45) is -2.42. The number of rotatable bonds is 1. The number of hydrogen-bond acceptors (Lipinski definition) is 2. The molecule has 0 aliphatic heterocycles. The predicted octanol–water partition coefficient (Wildman–Crippen LogP) is 4.44. The number of hydrogen-bond donors (Lipinski definition) is 1. The molecule has 1 aromatic heterocycles. The quantitative estimate of drug-likeness (QED) is 0.688. The number of fused-ring (bicyclic) bond motifs is 1. The molecule has 0 fully saturated rings. The van der Waals surface area contributed by atoms with E-state index < -0.39 is 6.43 Å². The minimum Gasteiger partial charge on any atom is -0.205 e. The van der Waals surface area contributed by atoms with Gasteiger partial charge in [0.05, 0.1) is 0 Å². The molecule has 2 rings (SSSR count). The van der Waals surface area contributed by atoms with E-state index in [2.05, 4.69) is 12.6 Å². The van der Waals surface area contributed by atoms with Crippen LogP contribution >= 0.6 is 24.0 Å². The van der Waals surface area contributed by atoms with Gasteiger partial charge in [-0.2, -0.15) is 0 Å². The Balaban J connectivity index is 2.81. The van der Waals surface area contributed by atoms with Gasteiger partial charge in [0.1, 0.15) is 0 Å². The highest BCUT2D eigenvalue weighted by Gasteiger charge is 2.14. The van der Waals surface area contributed by atoms with Crippen LogP contribution < -0.4 is 0 Å². The zero-order valence-electron chi connectivity index (χ0n) is 7.42. The minimum absolute atomic E-state index is 0.0992. The van der Waals surface area contributed by atoms with Crippen LogP contribution in [-0.4, -0.2) is 0 Å². The van der Waals surface area contributed by atoms with Crippen molar-refractivity contribution in [3.8, 4) is 0 Å². The number of alkyl halides is 2. The molecule has 0 amide bonds. The molecule has 2 aromatic rings. The van der Waals surface area contributed by atoms with Gasteiger partial charge in [-0.25, -0.2) is 8.78 Å². The normalized spacial score (nSPS) is 11.5. The van der Waals surface area contributed by atoms with Crippen LogP contribution in [0, 0.1) is 6.92 Å². The first-order valence-corrected chi connectivity index (χ1v) is 5.36. The van der Waals surface area contributed by atoms with E-state index in [1.807, 2.05) is 6.92 Å². The average Bonchev–Trinajstić information content (AvgIpc) is 2.47. The first-order valence-electron chi connectivity index (χ1n) is 4.09. The maximum absolute atomic E-state index is 12.6. The lowest BCUT2D eigenvalue weighted by Gasteiger charge is -2.02. The van der Waals surface area contributed by atoms with E-state index in [0.29, 0.717) is 5.39 Å². The van der Waals surface area contributed by atoms with Crippen LogP contribution in [0.3, 0.4) is 0 Å². The number of benzene rings is 1. The summed E-state index contributed by atoms with van der Waals surface area (Å²) >= 11 is 5.75. The van der Waals surface area contributed by atoms with Gasteiger partial charge in [-0.05, 0) is 19.1 Å². The van der Waals surface area contributed by atoms with Gasteiger partial charge in [0.2, 0.25) is 0 Å². The molecule has 0 radical (unpaired) electrons. The highest BCUT2D eigenvalue weighted by atomic mass is 32.1. The lowest BCUT2D eigenvalue weighted by molar-refractivity contribution is 0.153. The van der Waals surface area contributed by atoms with E-state index in [1.54, 1.807) is 12.1 Å². The first-order chi connectivity index (χ1) is 6.59. The molecule has 4 heteroatoms. The zero-order chi connectivity index (χ0) is 10.3. The molecule has 0 spiro atoms. The van der Waals surface area contributed by atoms with Gasteiger partial charge in [0, 0.05) is 25.4 Å². The molecule has 0 N–H and O–H groups in total. The van der Waals surface area contributed by atoms with Crippen molar-refractivity contribution in [2.45, 2.75) is 18.2 Å². The van der Waals surface area contributed by atoms with E-state index >= 15 is 0 Å². The van der Waals surface area contributed by atoms with Crippen LogP contribution in [0.15, 0.2) is 23.1 Å². The summed E-state index contributed by atoms with van der Waals surface area (Å²) < 4.78 is 26.1. The number of aryl methyl sites for hydroxylation is 1. The Morgan fingerprint density at radius 3 is 2.71 bits per heavy atom. The molecular formula is C10H8F2S2. The molecule has 0 bridgehead atoms. The Morgan fingerprint density at radius 2 is 2.07 bits per heavy atom. The van der Waals surface area contributed by atoms with Gasteiger partial charge in [0.25, 0.3) is 6.43 Å². The Bertz CT molecular complexity index is 474. The van der Waals surface area contributed by atoms with Crippen LogP contribution in [0.25, 0.3) is 10.1 Å². The van der Waals surface area contributed by atoms with Gasteiger partial charge < -0.3 is 0 Å². The zero-order valence-corrected chi connectivity index (χ0v) is 9.13. The highest BCUT2D eigenvalue weighted by molar-refractivity contribution is 7.80. The number of thiophene rings is 1. The molecule has 74 valence electrons. The third-order valence-corrected chi connectivity index (χ3v) is 3.66. The highest BCUT2D eigenvalue weighted by Crippen LogP contribution is 2.36. The summed E-state index contributed by atoms with van der Waals surface area (Å²) in [5, 5.41) is 0.634. The van der Waals surface area contributed by atoms with Crippen LogP contribution in [0.4, 0.5) is 8.78 Å². The summed E-state index contributed by atoms with van der Waals surface area (Å²) in [5.74, 6) is 0. The Labute approximate surface area is 90.0 Å². The Hall–Kier alpha value is -0.610. The van der Waals surface area contributed by atoms with Crippen LogP contribution in [0.5, 0.6) is 0 Å². The second kappa shape index (κ2) is 3.51. The smallest absolute Gasteiger partial charge is 0.205 e. The van der Waals surface area contributed by atoms with Gasteiger partial charge in [-0.1, -0.05) is 6.07 Å². The van der Waals surface area contributed by atoms with E-state index in [0.717, 1.165) is 14.5 Å². The number of thiol groups is 1. The Morgan fingerprint density at radius 1 is 1.36 bits per heavy atom. The summed E-state index contributed by atoms with van der Waals surface area (Å²) in [6.45, 7) is 1.91. The second-order valence-electron chi connectivity index (χ2n) is 3.07. The van der Waals surface area contributed by atoms with E-state index in [4.69, 9.17) is 0 Å². The summed E-state index contributed by atoms with van der Waals surface area (Å²) in [7, 11) is 0. The van der Waals surface area contributed by atoms with Crippen molar-refractivity contribution in [2.75, 3.05) is 0 Å². The third kappa shape index (κ3) is 1.53. The van der Waals surface area contributed by atoms with Crippen molar-refractivity contribution in [1.82, 2.24) is 0 Å². The molecular weight excluding hydrogens is 222 g/mol. The minimum atomic E-state index is -2.42. The molecule has 0 aliphatic rings. The van der Waals surface area contributed by atoms with Crippen molar-refractivity contribution >= 4 is 34.1 Å². The van der Waals surface area contributed by atoms with Crippen LogP contribution in [-0.2, 0) is 0 Å². The fourth-order valence-electron chi connectivity index (χ4n) is 1.44. The van der Waals surface area contributed by atoms with Crippen LogP contribution in [0.2, 0.25) is 0 Å². The van der Waals surface area contributed by atoms with Crippen molar-refractivity contribution in [3.05, 3.63) is 28.6 Å². The molecule has 0 saturated carbocycles. The van der Waals surface area contributed by atoms with Crippen molar-refractivity contribution in [3.63, 3.8) is 0 Å². The van der Waals surface area contributed by atoms with Gasteiger partial charge in [-0.3, -0.25) is 0 Å². The summed E-state index contributed by atoms with van der Waals surface area (Å²) in [5.41, 5.74) is 0.0992. The van der Waals surface area contributed by atoms with Crippen molar-refractivity contribution < 1.29 is 8.78 Å². The average molecular weight is 230 g/mol. The molecule has 1 heterocycles. The molecule has 0 nitrogen and oxygen atoms in total. The first kappa shape index (κ1) is 9.93. The maximum Gasteiger partial charge on any atom is 0.264 e. The predicted molar refractivity (Wildman–Crippen MR) is 58.8 cm³/mol. The number of halogens is 2. The van der Waals surface area contributed by atoms with Gasteiger partial charge in [-0.15, -0.1) is 24.0 Å². The lowest BCUT2D eigenvalue weighted by atomic mass is 10.1. The monoisotopic (exact) mass is 230 g/mol. The van der Waals surface area contributed by atoms with Crippen molar-refractivity contribution in [2.24, 2.45) is 0 Å². The van der Waals surface area contributed by atoms with Crippen LogP contribution in [0.1, 0.15) is 16.9 Å². The van der Waals surface area contributed by atoms with Gasteiger partial charge in [0.15, 0.2) is 0 Å². The molecule has 0 atom stereocenters. The van der Waals surface area contributed by atoms with E-state index in [-0.39, 0.29) is 5.56 Å². The molecule has 0 aliphatic carbocycles. The van der Waals surface area contributed by atoms with E-state index in [1.165, 1.54) is 17.4 Å². The van der Waals surface area contributed by atoms with E-state index in [9.17, 15) is 8.78 Å². The molecule has 14 heavy (non-hydrogen) atoms. The molecule has 0 saturated heterocycles. The van der Waals surface area contributed by atoms with Crippen molar-refractivity contribution in [1.29, 1.82) is 0 Å². The molecule has 0 unspecified atom stereocenters. The largest absolute Gasteiger partial charge is 0.264 e. The topological polar surface area (TPSA) is 0 Å². The summed E-state index contributed by atoms with van der Waals surface area (Å²) in [4.78, 5) is 1.80. The third-order valence-electron chi connectivity index (χ3n) is 2.05. The van der Waals surface area contributed by atoms with Gasteiger partial charge >= 0.3 is 0 Å². The fraction of sp³-hybridized carbons (Fsp3) is 0.200. The standard InChI is InChI=1S/C10H8F2S2/c1-5-4-7-6(10(11)12)2-3-8(13)9(7)14-5/h2-4,10,13H,1H3. The SMILES string of the molecule is Cc1cc2c(C(F)F)ccc(S)c2s1. The molecule has 1 aromatic carbocycles. The maximum atomic E-state index is 12.6. The second-order valence-corrected chi connectivity index (χ2v) is 4.81. The fourth-order valence-corrected chi connectivity index (χ4v) is 2.73. The lowest BCUT2D eigenvalue weighted by Crippen LogP contribution is -1.84.